The fourth-order valence-electron chi connectivity index (χ4n) is 2.90. The summed E-state index contributed by atoms with van der Waals surface area (Å²) in [5, 5.41) is 2.69. The van der Waals surface area contributed by atoms with Crippen molar-refractivity contribution in [2.75, 3.05) is 29.0 Å². The lowest BCUT2D eigenvalue weighted by Gasteiger charge is -2.30. The molecule has 0 atom stereocenters. The maximum Gasteiger partial charge on any atom is 0.258 e. The van der Waals surface area contributed by atoms with Gasteiger partial charge < -0.3 is 16.0 Å². The van der Waals surface area contributed by atoms with Crippen LogP contribution >= 0.6 is 0 Å². The summed E-state index contributed by atoms with van der Waals surface area (Å²) in [7, 11) is 0. The average Bonchev–Trinajstić information content (AvgIpc) is 2.56. The third-order valence-corrected chi connectivity index (χ3v) is 4.10. The van der Waals surface area contributed by atoms with Gasteiger partial charge in [0.1, 0.15) is 5.82 Å². The number of nitrogens with two attached hydrogens (primary N) is 1. The zero-order valence-electron chi connectivity index (χ0n) is 12.9. The number of rotatable bonds is 3. The van der Waals surface area contributed by atoms with Gasteiger partial charge in [0, 0.05) is 18.8 Å². The molecule has 1 aliphatic heterocycles. The normalized spacial score (nSPS) is 14.6. The molecule has 0 bridgehead atoms. The van der Waals surface area contributed by atoms with Gasteiger partial charge in [0.15, 0.2) is 0 Å². The van der Waals surface area contributed by atoms with Crippen LogP contribution in [0.25, 0.3) is 0 Å². The average molecular weight is 313 g/mol. The number of hydrogen-bond donors (Lipinski definition) is 2. The number of nitrogen functional groups attached to an aromatic ring is 1. The van der Waals surface area contributed by atoms with Gasteiger partial charge in [-0.1, -0.05) is 12.1 Å². The highest BCUT2D eigenvalue weighted by Gasteiger charge is 2.15. The summed E-state index contributed by atoms with van der Waals surface area (Å²) in [4.78, 5) is 14.4. The predicted molar refractivity (Wildman–Crippen MR) is 91.3 cm³/mol. The first kappa shape index (κ1) is 15.3. The molecule has 4 nitrogen and oxygen atoms in total. The van der Waals surface area contributed by atoms with E-state index in [9.17, 15) is 9.18 Å². The molecule has 3 rings (SSSR count). The van der Waals surface area contributed by atoms with Crippen LogP contribution in [0.15, 0.2) is 42.5 Å². The van der Waals surface area contributed by atoms with Gasteiger partial charge in [0.2, 0.25) is 0 Å². The lowest BCUT2D eigenvalue weighted by molar-refractivity contribution is 0.102. The van der Waals surface area contributed by atoms with Gasteiger partial charge >= 0.3 is 0 Å². The van der Waals surface area contributed by atoms with Gasteiger partial charge in [-0.25, -0.2) is 4.39 Å². The van der Waals surface area contributed by atoms with E-state index < -0.39 is 11.7 Å². The SMILES string of the molecule is Nc1cc(NC(=O)c2ccccc2F)ccc1N1CCCCC1. The summed E-state index contributed by atoms with van der Waals surface area (Å²) >= 11 is 0. The Bertz CT molecular complexity index is 711. The van der Waals surface area contributed by atoms with Gasteiger partial charge in [0.05, 0.1) is 16.9 Å². The van der Waals surface area contributed by atoms with Gasteiger partial charge in [0.25, 0.3) is 5.91 Å². The van der Waals surface area contributed by atoms with E-state index in [4.69, 9.17) is 5.73 Å². The highest BCUT2D eigenvalue weighted by molar-refractivity contribution is 6.04. The number of piperidine rings is 1. The number of halogens is 1. The molecule has 0 spiro atoms. The number of hydrogen-bond acceptors (Lipinski definition) is 3. The van der Waals surface area contributed by atoms with Crippen molar-refractivity contribution in [3.8, 4) is 0 Å². The first-order valence-corrected chi connectivity index (χ1v) is 7.85. The molecule has 0 radical (unpaired) electrons. The van der Waals surface area contributed by atoms with E-state index in [1.165, 1.54) is 31.4 Å². The number of benzene rings is 2. The molecule has 3 N–H and O–H groups in total. The minimum absolute atomic E-state index is 0.0196. The molecule has 1 heterocycles. The van der Waals surface area contributed by atoms with Crippen LogP contribution in [-0.4, -0.2) is 19.0 Å². The number of nitrogens with one attached hydrogen (secondary N) is 1. The van der Waals surface area contributed by atoms with E-state index in [0.29, 0.717) is 11.4 Å². The lowest BCUT2D eigenvalue weighted by atomic mass is 10.1. The van der Waals surface area contributed by atoms with Crippen LogP contribution in [0.5, 0.6) is 0 Å². The molecule has 0 aromatic heterocycles. The zero-order valence-corrected chi connectivity index (χ0v) is 12.9. The fraction of sp³-hybridized carbons (Fsp3) is 0.278. The van der Waals surface area contributed by atoms with E-state index in [0.717, 1.165) is 18.8 Å². The van der Waals surface area contributed by atoms with Gasteiger partial charge in [-0.15, -0.1) is 0 Å². The third kappa shape index (κ3) is 3.44. The van der Waals surface area contributed by atoms with E-state index in [1.807, 2.05) is 6.07 Å². The lowest BCUT2D eigenvalue weighted by Crippen LogP contribution is -2.30. The maximum absolute atomic E-state index is 13.6. The molecule has 0 aliphatic carbocycles. The Kier molecular flexibility index (Phi) is 4.46. The van der Waals surface area contributed by atoms with Gasteiger partial charge in [-0.05, 0) is 49.6 Å². The van der Waals surface area contributed by atoms with E-state index in [-0.39, 0.29) is 5.56 Å². The molecular weight excluding hydrogens is 293 g/mol. The molecule has 1 aliphatic rings. The quantitative estimate of drug-likeness (QED) is 0.850. The van der Waals surface area contributed by atoms with Crippen molar-refractivity contribution in [2.24, 2.45) is 0 Å². The Morgan fingerprint density at radius 3 is 2.52 bits per heavy atom. The molecule has 120 valence electrons. The molecule has 0 saturated carbocycles. The smallest absolute Gasteiger partial charge is 0.258 e. The first-order chi connectivity index (χ1) is 11.1. The van der Waals surface area contributed by atoms with Crippen molar-refractivity contribution < 1.29 is 9.18 Å². The molecule has 2 aromatic carbocycles. The summed E-state index contributed by atoms with van der Waals surface area (Å²) < 4.78 is 13.6. The van der Waals surface area contributed by atoms with Crippen molar-refractivity contribution in [3.63, 3.8) is 0 Å². The van der Waals surface area contributed by atoms with Crippen molar-refractivity contribution >= 4 is 23.0 Å². The Labute approximate surface area is 135 Å². The summed E-state index contributed by atoms with van der Waals surface area (Å²) in [5.41, 5.74) is 8.33. The van der Waals surface area contributed by atoms with E-state index in [2.05, 4.69) is 10.2 Å². The van der Waals surface area contributed by atoms with Crippen LogP contribution in [0.3, 0.4) is 0 Å². The largest absolute Gasteiger partial charge is 0.397 e. The number of amides is 1. The Hall–Kier alpha value is -2.56. The van der Waals surface area contributed by atoms with Crippen LogP contribution in [0.1, 0.15) is 29.6 Å². The monoisotopic (exact) mass is 313 g/mol. The summed E-state index contributed by atoms with van der Waals surface area (Å²) in [6, 6.07) is 11.3. The van der Waals surface area contributed by atoms with E-state index >= 15 is 0 Å². The van der Waals surface area contributed by atoms with Crippen molar-refractivity contribution in [3.05, 3.63) is 53.8 Å². The molecule has 23 heavy (non-hydrogen) atoms. The second-order valence-corrected chi connectivity index (χ2v) is 5.76. The van der Waals surface area contributed by atoms with Crippen LogP contribution in [0.2, 0.25) is 0 Å². The van der Waals surface area contributed by atoms with E-state index in [1.54, 1.807) is 24.3 Å². The molecule has 1 saturated heterocycles. The van der Waals surface area contributed by atoms with Gasteiger partial charge in [-0.2, -0.15) is 0 Å². The second kappa shape index (κ2) is 6.69. The maximum atomic E-state index is 13.6. The second-order valence-electron chi connectivity index (χ2n) is 5.76. The minimum atomic E-state index is -0.539. The highest BCUT2D eigenvalue weighted by Crippen LogP contribution is 2.29. The number of nitrogens with zero attached hydrogens (tertiary/aromatic N) is 1. The summed E-state index contributed by atoms with van der Waals surface area (Å²) in [6.07, 6.45) is 3.60. The van der Waals surface area contributed by atoms with Crippen molar-refractivity contribution in [1.29, 1.82) is 0 Å². The topological polar surface area (TPSA) is 58.4 Å². The molecule has 5 heteroatoms. The summed E-state index contributed by atoms with van der Waals surface area (Å²) in [6.45, 7) is 2.01. The predicted octanol–water partition coefficient (Wildman–Crippen LogP) is 3.65. The minimum Gasteiger partial charge on any atom is -0.397 e. The molecule has 1 fully saturated rings. The zero-order chi connectivity index (χ0) is 16.2. The number of anilines is 3. The van der Waals surface area contributed by atoms with Crippen molar-refractivity contribution in [2.45, 2.75) is 19.3 Å². The van der Waals surface area contributed by atoms with Crippen LogP contribution in [0, 0.1) is 5.82 Å². The summed E-state index contributed by atoms with van der Waals surface area (Å²) in [5.74, 6) is -1.02. The van der Waals surface area contributed by atoms with Crippen LogP contribution < -0.4 is 16.0 Å². The fourth-order valence-corrected chi connectivity index (χ4v) is 2.90. The Balaban J connectivity index is 1.75. The third-order valence-electron chi connectivity index (χ3n) is 4.10. The van der Waals surface area contributed by atoms with Crippen LogP contribution in [0.4, 0.5) is 21.5 Å². The number of carbonyl (C=O) groups is 1. The number of carbonyl (C=O) groups excluding carboxylic acids is 1. The van der Waals surface area contributed by atoms with Crippen LogP contribution in [-0.2, 0) is 0 Å². The molecular formula is C18H20FN3O. The highest BCUT2D eigenvalue weighted by atomic mass is 19.1. The molecule has 2 aromatic rings. The Morgan fingerprint density at radius 2 is 1.83 bits per heavy atom. The Morgan fingerprint density at radius 1 is 1.09 bits per heavy atom. The first-order valence-electron chi connectivity index (χ1n) is 7.85. The van der Waals surface area contributed by atoms with Gasteiger partial charge in [-0.3, -0.25) is 4.79 Å². The molecule has 1 amide bonds. The van der Waals surface area contributed by atoms with Crippen molar-refractivity contribution in [1.82, 2.24) is 0 Å². The standard InChI is InChI=1S/C18H20FN3O/c19-15-7-3-2-6-14(15)18(23)21-13-8-9-17(16(20)12-13)22-10-4-1-5-11-22/h2-3,6-9,12H,1,4-5,10-11,20H2,(H,21,23). The molecule has 0 unspecified atom stereocenters.